The van der Waals surface area contributed by atoms with E-state index in [-0.39, 0.29) is 55.2 Å². The molecule has 1 aliphatic rings. The summed E-state index contributed by atoms with van der Waals surface area (Å²) in [6.45, 7) is -0.447. The van der Waals surface area contributed by atoms with Crippen LogP contribution in [0.25, 0.3) is 11.1 Å². The molecule has 0 saturated heterocycles. The van der Waals surface area contributed by atoms with E-state index in [4.69, 9.17) is 53.1 Å². The Morgan fingerprint density at radius 3 is 2.44 bits per heavy atom. The van der Waals surface area contributed by atoms with Gasteiger partial charge >= 0.3 is 5.97 Å². The number of allylic oxidation sites excluding steroid dienone is 2. The highest BCUT2D eigenvalue weighted by atomic mass is 35.5. The lowest BCUT2D eigenvalue weighted by atomic mass is 10.0. The van der Waals surface area contributed by atoms with E-state index in [2.05, 4.69) is 10.5 Å². The highest BCUT2D eigenvalue weighted by molar-refractivity contribution is 6.50. The molecule has 1 atom stereocenters. The molecule has 236 valence electrons. The number of aliphatic hydroxyl groups excluding tert-OH is 2. The molecule has 11 nitrogen and oxygen atoms in total. The van der Waals surface area contributed by atoms with Crippen LogP contribution in [-0.4, -0.2) is 70.4 Å². The van der Waals surface area contributed by atoms with E-state index < -0.39 is 18.6 Å². The van der Waals surface area contributed by atoms with Crippen molar-refractivity contribution in [3.8, 4) is 28.4 Å². The van der Waals surface area contributed by atoms with Crippen LogP contribution >= 0.6 is 23.2 Å². The Bertz CT molecular complexity index is 1640. The van der Waals surface area contributed by atoms with Crippen LogP contribution in [0.15, 0.2) is 83.6 Å². The van der Waals surface area contributed by atoms with Gasteiger partial charge in [-0.2, -0.15) is 0 Å². The standard InChI is InChI=1S/C32H31Cl2N3O8/c33-25-13-22(15-36-28(16-39)32(40)41)29(44-17-19-7-8-27(37-42)26(35)11-19)14-30(25)45-18-21-4-2-6-24(31(21)34)20-3-1-5-23(12-20)43-10-9-38/h1-8,11-14,28,35-36,38-39,42H,9-10,15-18H2,(H,40,41)/b35-26?,37-27-/t28-/m1/s1. The van der Waals surface area contributed by atoms with Gasteiger partial charge in [0, 0.05) is 29.3 Å². The number of carboxylic acids is 1. The first-order valence-corrected chi connectivity index (χ1v) is 14.5. The molecular weight excluding hydrogens is 625 g/mol. The van der Waals surface area contributed by atoms with Gasteiger partial charge in [0.05, 0.1) is 29.0 Å². The van der Waals surface area contributed by atoms with Crippen LogP contribution in [0.2, 0.25) is 10.0 Å². The van der Waals surface area contributed by atoms with Gasteiger partial charge in [-0.05, 0) is 41.5 Å². The minimum Gasteiger partial charge on any atom is -0.491 e. The fraction of sp³-hybridized carbons (Fsp3) is 0.219. The molecule has 1 aliphatic carbocycles. The van der Waals surface area contributed by atoms with Crippen molar-refractivity contribution in [2.75, 3.05) is 26.4 Å². The molecule has 0 radical (unpaired) electrons. The van der Waals surface area contributed by atoms with Crippen LogP contribution in [0.3, 0.4) is 0 Å². The van der Waals surface area contributed by atoms with Crippen molar-refractivity contribution in [2.45, 2.75) is 19.2 Å². The lowest BCUT2D eigenvalue weighted by Crippen LogP contribution is -2.39. The van der Waals surface area contributed by atoms with Gasteiger partial charge in [0.1, 0.15) is 48.8 Å². The van der Waals surface area contributed by atoms with Crippen molar-refractivity contribution in [3.05, 3.63) is 99.6 Å². The highest BCUT2D eigenvalue weighted by Crippen LogP contribution is 2.36. The lowest BCUT2D eigenvalue weighted by Gasteiger charge is -2.19. The molecule has 0 spiro atoms. The molecule has 3 aromatic rings. The van der Waals surface area contributed by atoms with E-state index in [1.807, 2.05) is 36.4 Å². The van der Waals surface area contributed by atoms with Gasteiger partial charge in [0.25, 0.3) is 0 Å². The number of carboxylic acid groups (broad SMARTS) is 1. The maximum Gasteiger partial charge on any atom is 0.323 e. The number of nitrogens with zero attached hydrogens (tertiary/aromatic N) is 1. The van der Waals surface area contributed by atoms with E-state index in [0.717, 1.165) is 11.1 Å². The van der Waals surface area contributed by atoms with Crippen LogP contribution in [0.4, 0.5) is 0 Å². The summed E-state index contributed by atoms with van der Waals surface area (Å²) in [6, 6.07) is 14.8. The number of carbonyl (C=O) groups is 1. The van der Waals surface area contributed by atoms with Crippen molar-refractivity contribution in [3.63, 3.8) is 0 Å². The van der Waals surface area contributed by atoms with Gasteiger partial charge < -0.3 is 34.7 Å². The average molecular weight is 657 g/mol. The Balaban J connectivity index is 1.56. The summed E-state index contributed by atoms with van der Waals surface area (Å²) in [5, 5.41) is 51.3. The molecule has 13 heteroatoms. The fourth-order valence-corrected chi connectivity index (χ4v) is 4.86. The molecule has 0 aromatic heterocycles. The second kappa shape index (κ2) is 16.1. The van der Waals surface area contributed by atoms with Gasteiger partial charge in [0.2, 0.25) is 0 Å². The Labute approximate surface area is 269 Å². The van der Waals surface area contributed by atoms with E-state index in [1.165, 1.54) is 12.2 Å². The predicted molar refractivity (Wildman–Crippen MR) is 170 cm³/mol. The van der Waals surface area contributed by atoms with Crippen LogP contribution in [-0.2, 0) is 17.9 Å². The Morgan fingerprint density at radius 2 is 1.73 bits per heavy atom. The van der Waals surface area contributed by atoms with Crippen LogP contribution < -0.4 is 19.5 Å². The largest absolute Gasteiger partial charge is 0.491 e. The van der Waals surface area contributed by atoms with Crippen molar-refractivity contribution < 1.29 is 39.5 Å². The smallest absolute Gasteiger partial charge is 0.323 e. The minimum atomic E-state index is -1.22. The zero-order chi connectivity index (χ0) is 32.3. The summed E-state index contributed by atoms with van der Waals surface area (Å²) < 4.78 is 17.7. The molecule has 0 bridgehead atoms. The van der Waals surface area contributed by atoms with Gasteiger partial charge in [0.15, 0.2) is 0 Å². The zero-order valence-electron chi connectivity index (χ0n) is 23.9. The number of halogens is 2. The van der Waals surface area contributed by atoms with Crippen LogP contribution in [0, 0.1) is 5.41 Å². The van der Waals surface area contributed by atoms with Gasteiger partial charge in [-0.15, -0.1) is 0 Å². The SMILES string of the molecule is N=C1C=C(COc2cc(OCc3cccc(-c4cccc(OCCO)c4)c3Cl)c(Cl)cc2CN[C@H](CO)C(=O)O)C=C/C1=N/O. The van der Waals surface area contributed by atoms with Crippen molar-refractivity contribution in [1.82, 2.24) is 5.32 Å². The average Bonchev–Trinajstić information content (AvgIpc) is 3.03. The normalized spacial score (nSPS) is 14.3. The maximum absolute atomic E-state index is 11.4. The Hall–Kier alpha value is -4.39. The molecule has 45 heavy (non-hydrogen) atoms. The molecule has 0 heterocycles. The molecule has 0 unspecified atom stereocenters. The quantitative estimate of drug-likeness (QED) is 0.0758. The molecule has 0 amide bonds. The third-order valence-corrected chi connectivity index (χ3v) is 7.41. The van der Waals surface area contributed by atoms with Crippen molar-refractivity contribution in [1.29, 1.82) is 5.41 Å². The summed E-state index contributed by atoms with van der Waals surface area (Å²) in [5.74, 6) is -0.0122. The number of rotatable bonds is 15. The Kier molecular flexibility index (Phi) is 12.0. The number of oxime groups is 1. The molecule has 0 fully saturated rings. The first kappa shape index (κ1) is 33.5. The number of aliphatic hydroxyl groups is 2. The summed E-state index contributed by atoms with van der Waals surface area (Å²) in [6.07, 6.45) is 4.62. The molecule has 4 rings (SSSR count). The monoisotopic (exact) mass is 655 g/mol. The van der Waals surface area contributed by atoms with E-state index in [0.29, 0.717) is 33.2 Å². The lowest BCUT2D eigenvalue weighted by molar-refractivity contribution is -0.140. The number of aliphatic carboxylic acids is 1. The summed E-state index contributed by atoms with van der Waals surface area (Å²) in [5.41, 5.74) is 3.51. The predicted octanol–water partition coefficient (Wildman–Crippen LogP) is 4.87. The minimum absolute atomic E-state index is 0.00778. The number of hydrogen-bond acceptors (Lipinski definition) is 10. The number of nitrogens with one attached hydrogen (secondary N) is 2. The third kappa shape index (κ3) is 8.84. The van der Waals surface area contributed by atoms with Crippen molar-refractivity contribution >= 4 is 40.6 Å². The molecule has 0 saturated carbocycles. The van der Waals surface area contributed by atoms with Crippen LogP contribution in [0.1, 0.15) is 11.1 Å². The number of ether oxygens (including phenoxy) is 3. The summed E-state index contributed by atoms with van der Waals surface area (Å²) in [7, 11) is 0. The van der Waals surface area contributed by atoms with E-state index in [9.17, 15) is 15.0 Å². The topological polar surface area (TPSA) is 174 Å². The third-order valence-electron chi connectivity index (χ3n) is 6.66. The molecule has 6 N–H and O–H groups in total. The zero-order valence-corrected chi connectivity index (χ0v) is 25.4. The molecular formula is C32H31Cl2N3O8. The summed E-state index contributed by atoms with van der Waals surface area (Å²) >= 11 is 13.4. The molecule has 0 aliphatic heterocycles. The second-order valence-corrected chi connectivity index (χ2v) is 10.5. The van der Waals surface area contributed by atoms with Crippen molar-refractivity contribution in [2.24, 2.45) is 5.16 Å². The Morgan fingerprint density at radius 1 is 0.956 bits per heavy atom. The fourth-order valence-electron chi connectivity index (χ4n) is 4.33. The van der Waals surface area contributed by atoms with E-state index >= 15 is 0 Å². The number of hydrogen-bond donors (Lipinski definition) is 6. The molecule has 3 aromatic carbocycles. The van der Waals surface area contributed by atoms with Gasteiger partial charge in [-0.1, -0.05) is 64.8 Å². The van der Waals surface area contributed by atoms with E-state index in [1.54, 1.807) is 24.3 Å². The van der Waals surface area contributed by atoms with Gasteiger partial charge in [-0.3, -0.25) is 15.5 Å². The maximum atomic E-state index is 11.4. The summed E-state index contributed by atoms with van der Waals surface area (Å²) in [4.78, 5) is 11.4. The first-order chi connectivity index (χ1) is 21.7. The first-order valence-electron chi connectivity index (χ1n) is 13.7. The van der Waals surface area contributed by atoms with Crippen LogP contribution in [0.5, 0.6) is 17.2 Å². The highest BCUT2D eigenvalue weighted by Gasteiger charge is 2.19. The second-order valence-electron chi connectivity index (χ2n) is 9.75. The van der Waals surface area contributed by atoms with Gasteiger partial charge in [-0.25, -0.2) is 0 Å². The number of benzene rings is 3.